The number of hydrogen-bond acceptors (Lipinski definition) is 4. The van der Waals surface area contributed by atoms with E-state index in [2.05, 4.69) is 15.3 Å². The van der Waals surface area contributed by atoms with Gasteiger partial charge in [-0.1, -0.05) is 0 Å². The maximum Gasteiger partial charge on any atom is 0.416 e. The fraction of sp³-hybridized carbons (Fsp3) is 0.167. The van der Waals surface area contributed by atoms with Crippen LogP contribution in [-0.2, 0) is 18.9 Å². The summed E-state index contributed by atoms with van der Waals surface area (Å²) in [6.07, 6.45) is -6.90. The summed E-state index contributed by atoms with van der Waals surface area (Å²) in [6, 6.07) is 4.19. The lowest BCUT2D eigenvalue weighted by Gasteiger charge is -2.14. The van der Waals surface area contributed by atoms with Gasteiger partial charge in [-0.25, -0.2) is 4.98 Å². The first-order valence-electron chi connectivity index (χ1n) is 7.96. The summed E-state index contributed by atoms with van der Waals surface area (Å²) in [5.41, 5.74) is -2.64. The Labute approximate surface area is 164 Å². The number of aromatic nitrogens is 2. The molecule has 0 saturated heterocycles. The van der Waals surface area contributed by atoms with E-state index in [0.717, 1.165) is 5.56 Å². The molecule has 0 bridgehead atoms. The zero-order valence-electron chi connectivity index (χ0n) is 14.3. The Kier molecular flexibility index (Phi) is 5.60. The van der Waals surface area contributed by atoms with Crippen molar-refractivity contribution in [1.29, 1.82) is 0 Å². The molecule has 4 nitrogen and oxygen atoms in total. The number of thiazole rings is 1. The summed E-state index contributed by atoms with van der Waals surface area (Å²) in [6.45, 7) is -0.155. The minimum atomic E-state index is -5.02. The number of pyridine rings is 1. The maximum atomic E-state index is 12.9. The highest BCUT2D eigenvalue weighted by Crippen LogP contribution is 2.36. The van der Waals surface area contributed by atoms with E-state index in [1.807, 2.05) is 0 Å². The van der Waals surface area contributed by atoms with E-state index in [9.17, 15) is 31.1 Å². The van der Waals surface area contributed by atoms with Crippen LogP contribution in [0.1, 0.15) is 27.2 Å². The Morgan fingerprint density at radius 3 is 2.10 bits per heavy atom. The van der Waals surface area contributed by atoms with Gasteiger partial charge in [-0.3, -0.25) is 9.78 Å². The van der Waals surface area contributed by atoms with Crippen LogP contribution >= 0.6 is 11.3 Å². The second-order valence-corrected chi connectivity index (χ2v) is 6.72. The average Bonchev–Trinajstić information content (AvgIpc) is 3.14. The van der Waals surface area contributed by atoms with Gasteiger partial charge in [0.25, 0.3) is 5.91 Å². The lowest BCUT2D eigenvalue weighted by Crippen LogP contribution is -2.24. The minimum absolute atomic E-state index is 0.0296. The molecule has 0 radical (unpaired) electrons. The van der Waals surface area contributed by atoms with Gasteiger partial charge >= 0.3 is 12.4 Å². The van der Waals surface area contributed by atoms with Crippen LogP contribution in [-0.4, -0.2) is 15.9 Å². The molecule has 1 aromatic carbocycles. The van der Waals surface area contributed by atoms with Crippen LogP contribution < -0.4 is 5.32 Å². The number of alkyl halides is 6. The van der Waals surface area contributed by atoms with Gasteiger partial charge in [-0.15, -0.1) is 11.3 Å². The molecule has 2 heterocycles. The van der Waals surface area contributed by atoms with Crippen molar-refractivity contribution in [1.82, 2.24) is 15.3 Å². The Bertz CT molecular complexity index is 982. The van der Waals surface area contributed by atoms with Crippen molar-refractivity contribution in [2.24, 2.45) is 0 Å². The molecule has 1 N–H and O–H groups in total. The summed E-state index contributed by atoms with van der Waals surface area (Å²) in [7, 11) is 0. The lowest BCUT2D eigenvalue weighted by atomic mass is 10.0. The second-order valence-electron chi connectivity index (χ2n) is 5.86. The Morgan fingerprint density at radius 2 is 1.55 bits per heavy atom. The number of carbonyl (C=O) groups is 1. The topological polar surface area (TPSA) is 54.9 Å². The number of rotatable bonds is 4. The molecular formula is C18H11F6N3OS. The van der Waals surface area contributed by atoms with Crippen LogP contribution in [0.25, 0.3) is 10.6 Å². The fourth-order valence-electron chi connectivity index (χ4n) is 2.37. The summed E-state index contributed by atoms with van der Waals surface area (Å²) >= 11 is 1.27. The molecule has 3 aromatic rings. The largest absolute Gasteiger partial charge is 0.416 e. The smallest absolute Gasteiger partial charge is 0.346 e. The number of nitrogens with zero attached hydrogens (tertiary/aromatic N) is 2. The van der Waals surface area contributed by atoms with E-state index < -0.39 is 35.0 Å². The van der Waals surface area contributed by atoms with E-state index in [-0.39, 0.29) is 12.6 Å². The molecule has 0 fully saturated rings. The number of nitrogens with one attached hydrogen (secondary N) is 1. The van der Waals surface area contributed by atoms with Gasteiger partial charge in [-0.2, -0.15) is 26.3 Å². The number of amides is 1. The van der Waals surface area contributed by atoms with Gasteiger partial charge in [0, 0.05) is 28.9 Å². The Morgan fingerprint density at radius 1 is 0.966 bits per heavy atom. The molecule has 11 heteroatoms. The molecule has 1 amide bonds. The summed E-state index contributed by atoms with van der Waals surface area (Å²) in [5, 5.41) is 4.56. The molecule has 0 aliphatic rings. The van der Waals surface area contributed by atoms with Gasteiger partial charge in [-0.05, 0) is 30.3 Å². The van der Waals surface area contributed by atoms with Crippen molar-refractivity contribution >= 4 is 17.2 Å². The molecule has 0 unspecified atom stereocenters. The van der Waals surface area contributed by atoms with E-state index in [1.54, 1.807) is 29.9 Å². The third-order valence-corrected chi connectivity index (χ3v) is 4.70. The lowest BCUT2D eigenvalue weighted by molar-refractivity contribution is -0.143. The van der Waals surface area contributed by atoms with Gasteiger partial charge < -0.3 is 5.32 Å². The van der Waals surface area contributed by atoms with E-state index in [4.69, 9.17) is 0 Å². The van der Waals surface area contributed by atoms with Crippen molar-refractivity contribution in [3.05, 3.63) is 70.5 Å². The average molecular weight is 431 g/mol. The highest BCUT2D eigenvalue weighted by Gasteiger charge is 2.37. The molecule has 0 aliphatic carbocycles. The molecule has 29 heavy (non-hydrogen) atoms. The summed E-state index contributed by atoms with van der Waals surface area (Å²) in [4.78, 5) is 20.3. The van der Waals surface area contributed by atoms with Crippen LogP contribution in [0.4, 0.5) is 26.3 Å². The zero-order valence-corrected chi connectivity index (χ0v) is 15.1. The highest BCUT2D eigenvalue weighted by atomic mass is 32.1. The van der Waals surface area contributed by atoms with Crippen LogP contribution in [0.2, 0.25) is 0 Å². The number of halogens is 6. The molecule has 0 saturated carbocycles. The van der Waals surface area contributed by atoms with Crippen LogP contribution in [0.15, 0.2) is 48.1 Å². The first-order chi connectivity index (χ1) is 13.5. The monoisotopic (exact) mass is 431 g/mol. The van der Waals surface area contributed by atoms with E-state index >= 15 is 0 Å². The van der Waals surface area contributed by atoms with E-state index in [0.29, 0.717) is 22.8 Å². The molecule has 0 atom stereocenters. The van der Waals surface area contributed by atoms with Crippen molar-refractivity contribution in [2.45, 2.75) is 18.9 Å². The predicted octanol–water partition coefficient (Wildman–Crippen LogP) is 5.17. The summed E-state index contributed by atoms with van der Waals surface area (Å²) in [5.74, 6) is -1.07. The predicted molar refractivity (Wildman–Crippen MR) is 93.0 cm³/mol. The molecular weight excluding hydrogens is 420 g/mol. The minimum Gasteiger partial charge on any atom is -0.346 e. The van der Waals surface area contributed by atoms with Gasteiger partial charge in [0.2, 0.25) is 0 Å². The normalized spacial score (nSPS) is 12.1. The molecule has 0 aliphatic heterocycles. The highest BCUT2D eigenvalue weighted by molar-refractivity contribution is 7.13. The van der Waals surface area contributed by atoms with Gasteiger partial charge in [0.05, 0.1) is 23.4 Å². The molecule has 3 rings (SSSR count). The number of benzene rings is 1. The Hall–Kier alpha value is -2.95. The first kappa shape index (κ1) is 20.8. The van der Waals surface area contributed by atoms with E-state index in [1.165, 1.54) is 11.3 Å². The standard InChI is InChI=1S/C18H11F6N3OS/c19-17(20,21)12-5-11(6-13(7-12)18(22,23)24)15(28)26-8-14-9-29-16(27-14)10-1-3-25-4-2-10/h1-7,9H,8H2,(H,26,28). The molecule has 2 aromatic heterocycles. The quantitative estimate of drug-likeness (QED) is 0.580. The molecule has 152 valence electrons. The third kappa shape index (κ3) is 5.11. The number of carbonyl (C=O) groups excluding carboxylic acids is 1. The van der Waals surface area contributed by atoms with Crippen LogP contribution in [0.3, 0.4) is 0 Å². The SMILES string of the molecule is O=C(NCc1csc(-c2ccncc2)n1)c1cc(C(F)(F)F)cc(C(F)(F)F)c1. The van der Waals surface area contributed by atoms with Crippen molar-refractivity contribution in [3.63, 3.8) is 0 Å². The van der Waals surface area contributed by atoms with Crippen molar-refractivity contribution in [2.75, 3.05) is 0 Å². The maximum absolute atomic E-state index is 12.9. The Balaban J connectivity index is 1.78. The van der Waals surface area contributed by atoms with Crippen LogP contribution in [0, 0.1) is 0 Å². The van der Waals surface area contributed by atoms with Crippen molar-refractivity contribution in [3.8, 4) is 10.6 Å². The fourth-order valence-corrected chi connectivity index (χ4v) is 3.20. The zero-order chi connectivity index (χ0) is 21.2. The second kappa shape index (κ2) is 7.82. The van der Waals surface area contributed by atoms with Gasteiger partial charge in [0.15, 0.2) is 0 Å². The summed E-state index contributed by atoms with van der Waals surface area (Å²) < 4.78 is 77.4. The van der Waals surface area contributed by atoms with Crippen LogP contribution in [0.5, 0.6) is 0 Å². The van der Waals surface area contributed by atoms with Crippen molar-refractivity contribution < 1.29 is 31.1 Å². The van der Waals surface area contributed by atoms with Gasteiger partial charge in [0.1, 0.15) is 5.01 Å². The third-order valence-electron chi connectivity index (χ3n) is 3.76. The molecule has 0 spiro atoms. The first-order valence-corrected chi connectivity index (χ1v) is 8.84. The number of hydrogen-bond donors (Lipinski definition) is 1.